The number of hydrogen-bond donors (Lipinski definition) is 1. The summed E-state index contributed by atoms with van der Waals surface area (Å²) in [4.78, 5) is 10.9. The lowest BCUT2D eigenvalue weighted by atomic mass is 9.98. The molecule has 0 saturated heterocycles. The van der Waals surface area contributed by atoms with Gasteiger partial charge in [0.05, 0.1) is 5.56 Å². The molecule has 0 aliphatic rings. The molecule has 0 bridgehead atoms. The molecule has 2 rings (SSSR count). The van der Waals surface area contributed by atoms with Crippen LogP contribution in [0.1, 0.15) is 35.7 Å². The molecular formula is C16H15FO2. The van der Waals surface area contributed by atoms with E-state index in [0.717, 1.165) is 5.56 Å². The molecule has 2 aromatic carbocycles. The zero-order chi connectivity index (χ0) is 14.0. The Kier molecular flexibility index (Phi) is 3.65. The average molecular weight is 258 g/mol. The van der Waals surface area contributed by atoms with E-state index in [0.29, 0.717) is 11.5 Å². The molecule has 0 atom stereocenters. The van der Waals surface area contributed by atoms with Crippen LogP contribution in [-0.2, 0) is 0 Å². The summed E-state index contributed by atoms with van der Waals surface area (Å²) < 4.78 is 13.3. The molecule has 1 N–H and O–H groups in total. The zero-order valence-corrected chi connectivity index (χ0v) is 10.9. The van der Waals surface area contributed by atoms with E-state index in [9.17, 15) is 9.18 Å². The molecular weight excluding hydrogens is 243 g/mol. The van der Waals surface area contributed by atoms with Gasteiger partial charge in [-0.1, -0.05) is 44.2 Å². The maximum atomic E-state index is 13.3. The summed E-state index contributed by atoms with van der Waals surface area (Å²) in [6.07, 6.45) is 0. The van der Waals surface area contributed by atoms with Crippen molar-refractivity contribution >= 4 is 5.97 Å². The molecule has 0 saturated carbocycles. The van der Waals surface area contributed by atoms with Crippen LogP contribution in [0.4, 0.5) is 4.39 Å². The number of halogens is 1. The highest BCUT2D eigenvalue weighted by molar-refractivity contribution is 5.89. The van der Waals surface area contributed by atoms with Gasteiger partial charge in [0.25, 0.3) is 0 Å². The van der Waals surface area contributed by atoms with Gasteiger partial charge in [0.2, 0.25) is 0 Å². The van der Waals surface area contributed by atoms with E-state index in [1.54, 1.807) is 6.07 Å². The Morgan fingerprint density at radius 2 is 1.63 bits per heavy atom. The van der Waals surface area contributed by atoms with Crippen LogP contribution >= 0.6 is 0 Å². The van der Waals surface area contributed by atoms with Gasteiger partial charge in [0, 0.05) is 0 Å². The minimum absolute atomic E-state index is 0.301. The lowest BCUT2D eigenvalue weighted by Gasteiger charge is -2.08. The third kappa shape index (κ3) is 2.81. The van der Waals surface area contributed by atoms with Crippen molar-refractivity contribution < 1.29 is 14.3 Å². The van der Waals surface area contributed by atoms with Gasteiger partial charge in [-0.2, -0.15) is 0 Å². The van der Waals surface area contributed by atoms with Crippen LogP contribution in [0.15, 0.2) is 42.5 Å². The zero-order valence-electron chi connectivity index (χ0n) is 10.9. The number of rotatable bonds is 3. The Morgan fingerprint density at radius 1 is 1.05 bits per heavy atom. The van der Waals surface area contributed by atoms with E-state index in [1.165, 1.54) is 17.7 Å². The van der Waals surface area contributed by atoms with Crippen LogP contribution in [0.3, 0.4) is 0 Å². The van der Waals surface area contributed by atoms with Gasteiger partial charge >= 0.3 is 5.97 Å². The van der Waals surface area contributed by atoms with Crippen molar-refractivity contribution in [1.82, 2.24) is 0 Å². The van der Waals surface area contributed by atoms with Crippen molar-refractivity contribution in [2.24, 2.45) is 0 Å². The maximum absolute atomic E-state index is 13.3. The number of hydrogen-bond acceptors (Lipinski definition) is 1. The number of carboxylic acid groups (broad SMARTS) is 1. The van der Waals surface area contributed by atoms with Crippen molar-refractivity contribution in [3.8, 4) is 11.1 Å². The van der Waals surface area contributed by atoms with Crippen molar-refractivity contribution in [1.29, 1.82) is 0 Å². The number of benzene rings is 2. The second-order valence-electron chi connectivity index (χ2n) is 4.78. The largest absolute Gasteiger partial charge is 0.478 e. The Labute approximate surface area is 111 Å². The van der Waals surface area contributed by atoms with E-state index < -0.39 is 11.8 Å². The molecule has 0 radical (unpaired) electrons. The lowest BCUT2D eigenvalue weighted by molar-refractivity contribution is 0.0692. The predicted octanol–water partition coefficient (Wildman–Crippen LogP) is 4.31. The number of aromatic carboxylic acids is 1. The van der Waals surface area contributed by atoms with Crippen molar-refractivity contribution in [3.63, 3.8) is 0 Å². The summed E-state index contributed by atoms with van der Waals surface area (Å²) in [6, 6.07) is 12.0. The SMILES string of the molecule is CC(C)c1ccc(-c2ccc(F)c(C(=O)O)c2)cc1. The first kappa shape index (κ1) is 13.3. The first-order chi connectivity index (χ1) is 8.99. The third-order valence-corrected chi connectivity index (χ3v) is 3.11. The molecule has 0 aliphatic heterocycles. The molecule has 0 heterocycles. The van der Waals surface area contributed by atoms with Crippen molar-refractivity contribution in [2.75, 3.05) is 0 Å². The number of carboxylic acids is 1. The summed E-state index contributed by atoms with van der Waals surface area (Å²) in [5, 5.41) is 8.91. The fourth-order valence-corrected chi connectivity index (χ4v) is 1.93. The summed E-state index contributed by atoms with van der Waals surface area (Å²) >= 11 is 0. The molecule has 0 amide bonds. The summed E-state index contributed by atoms with van der Waals surface area (Å²) in [5.74, 6) is -1.52. The molecule has 0 aliphatic carbocycles. The van der Waals surface area contributed by atoms with Gasteiger partial charge < -0.3 is 5.11 Å². The van der Waals surface area contributed by atoms with E-state index in [4.69, 9.17) is 5.11 Å². The maximum Gasteiger partial charge on any atom is 0.338 e. The monoisotopic (exact) mass is 258 g/mol. The van der Waals surface area contributed by atoms with Gasteiger partial charge in [-0.05, 0) is 34.7 Å². The van der Waals surface area contributed by atoms with Gasteiger partial charge in [0.15, 0.2) is 0 Å². The molecule has 3 heteroatoms. The van der Waals surface area contributed by atoms with Crippen molar-refractivity contribution in [2.45, 2.75) is 19.8 Å². The number of carbonyl (C=O) groups is 1. The topological polar surface area (TPSA) is 37.3 Å². The van der Waals surface area contributed by atoms with Gasteiger partial charge in [-0.25, -0.2) is 9.18 Å². The first-order valence-corrected chi connectivity index (χ1v) is 6.12. The Hall–Kier alpha value is -2.16. The van der Waals surface area contributed by atoms with E-state index in [1.807, 2.05) is 24.3 Å². The highest BCUT2D eigenvalue weighted by Crippen LogP contribution is 2.24. The van der Waals surface area contributed by atoms with Crippen LogP contribution in [0.5, 0.6) is 0 Å². The summed E-state index contributed by atoms with van der Waals surface area (Å²) in [5.41, 5.74) is 2.50. The minimum atomic E-state index is -1.25. The Bertz CT molecular complexity index is 601. The second-order valence-corrected chi connectivity index (χ2v) is 4.78. The smallest absolute Gasteiger partial charge is 0.338 e. The van der Waals surface area contributed by atoms with Gasteiger partial charge in [0.1, 0.15) is 5.82 Å². The molecule has 0 fully saturated rings. The fourth-order valence-electron chi connectivity index (χ4n) is 1.93. The third-order valence-electron chi connectivity index (χ3n) is 3.11. The van der Waals surface area contributed by atoms with Crippen LogP contribution < -0.4 is 0 Å². The van der Waals surface area contributed by atoms with Crippen LogP contribution in [-0.4, -0.2) is 11.1 Å². The van der Waals surface area contributed by atoms with Crippen molar-refractivity contribution in [3.05, 3.63) is 59.4 Å². The quantitative estimate of drug-likeness (QED) is 0.890. The molecule has 19 heavy (non-hydrogen) atoms. The van der Waals surface area contributed by atoms with E-state index in [2.05, 4.69) is 13.8 Å². The lowest BCUT2D eigenvalue weighted by Crippen LogP contribution is -2.00. The van der Waals surface area contributed by atoms with Crippen LogP contribution in [0, 0.1) is 5.82 Å². The Morgan fingerprint density at radius 3 is 2.16 bits per heavy atom. The predicted molar refractivity (Wildman–Crippen MR) is 72.9 cm³/mol. The van der Waals surface area contributed by atoms with Crippen LogP contribution in [0.25, 0.3) is 11.1 Å². The second kappa shape index (κ2) is 5.22. The first-order valence-electron chi connectivity index (χ1n) is 6.12. The Balaban J connectivity index is 2.41. The average Bonchev–Trinajstić information content (AvgIpc) is 2.39. The molecule has 0 aromatic heterocycles. The summed E-state index contributed by atoms with van der Waals surface area (Å²) in [7, 11) is 0. The molecule has 2 aromatic rings. The highest BCUT2D eigenvalue weighted by atomic mass is 19.1. The molecule has 2 nitrogen and oxygen atoms in total. The minimum Gasteiger partial charge on any atom is -0.478 e. The fraction of sp³-hybridized carbons (Fsp3) is 0.188. The molecule has 98 valence electrons. The van der Waals surface area contributed by atoms with E-state index >= 15 is 0 Å². The van der Waals surface area contributed by atoms with Gasteiger partial charge in [-0.15, -0.1) is 0 Å². The highest BCUT2D eigenvalue weighted by Gasteiger charge is 2.11. The standard InChI is InChI=1S/C16H15FO2/c1-10(2)11-3-5-12(6-4-11)13-7-8-15(17)14(9-13)16(18)19/h3-10H,1-2H3,(H,18,19). The molecule has 0 unspecified atom stereocenters. The summed E-state index contributed by atoms with van der Waals surface area (Å²) in [6.45, 7) is 4.21. The molecule has 0 spiro atoms. The van der Waals surface area contributed by atoms with Crippen LogP contribution in [0.2, 0.25) is 0 Å². The van der Waals surface area contributed by atoms with Gasteiger partial charge in [-0.3, -0.25) is 0 Å². The normalized spacial score (nSPS) is 10.7. The van der Waals surface area contributed by atoms with E-state index in [-0.39, 0.29) is 5.56 Å².